The molecule has 4 heteroatoms. The number of nitrogens with zero attached hydrogens (tertiary/aromatic N) is 2. The average molecular weight is 208 g/mol. The van der Waals surface area contributed by atoms with E-state index in [0.717, 1.165) is 12.2 Å². The Bertz CT molecular complexity index is 286. The van der Waals surface area contributed by atoms with E-state index in [2.05, 4.69) is 36.1 Å². The second-order valence-corrected chi connectivity index (χ2v) is 4.58. The Balaban J connectivity index is 2.68. The predicted molar refractivity (Wildman–Crippen MR) is 62.6 cm³/mol. The molecule has 0 fully saturated rings. The topological polar surface area (TPSA) is 63.8 Å². The molecule has 4 nitrogen and oxygen atoms in total. The summed E-state index contributed by atoms with van der Waals surface area (Å²) in [7, 11) is 0. The number of nitrogens with one attached hydrogen (secondary N) is 1. The fourth-order valence-electron chi connectivity index (χ4n) is 1.76. The third-order valence-electron chi connectivity index (χ3n) is 2.30. The number of anilines is 1. The van der Waals surface area contributed by atoms with Crippen LogP contribution in [-0.2, 0) is 0 Å². The molecule has 15 heavy (non-hydrogen) atoms. The summed E-state index contributed by atoms with van der Waals surface area (Å²) in [5.74, 6) is 1.38. The van der Waals surface area contributed by atoms with E-state index in [9.17, 15) is 0 Å². The molecule has 1 heterocycles. The molecule has 0 aromatic carbocycles. The number of rotatable bonds is 5. The van der Waals surface area contributed by atoms with Gasteiger partial charge in [-0.05, 0) is 19.3 Å². The molecule has 0 aliphatic heterocycles. The van der Waals surface area contributed by atoms with Crippen molar-refractivity contribution in [2.75, 3.05) is 11.9 Å². The maximum absolute atomic E-state index is 5.79. The van der Waals surface area contributed by atoms with Gasteiger partial charge in [-0.3, -0.25) is 4.98 Å². The van der Waals surface area contributed by atoms with Gasteiger partial charge in [0.25, 0.3) is 0 Å². The van der Waals surface area contributed by atoms with Crippen LogP contribution in [-0.4, -0.2) is 22.1 Å². The van der Waals surface area contributed by atoms with Crippen LogP contribution in [0.15, 0.2) is 18.6 Å². The Morgan fingerprint density at radius 1 is 1.47 bits per heavy atom. The van der Waals surface area contributed by atoms with Crippen molar-refractivity contribution in [3.63, 3.8) is 0 Å². The summed E-state index contributed by atoms with van der Waals surface area (Å²) in [4.78, 5) is 8.21. The van der Waals surface area contributed by atoms with Gasteiger partial charge in [0.05, 0.1) is 6.20 Å². The smallest absolute Gasteiger partial charge is 0.144 e. The van der Waals surface area contributed by atoms with Crippen molar-refractivity contribution in [1.82, 2.24) is 9.97 Å². The van der Waals surface area contributed by atoms with E-state index in [4.69, 9.17) is 5.73 Å². The molecule has 0 aliphatic rings. The van der Waals surface area contributed by atoms with E-state index < -0.39 is 0 Å². The van der Waals surface area contributed by atoms with E-state index in [1.54, 1.807) is 18.6 Å². The molecule has 1 aromatic rings. The van der Waals surface area contributed by atoms with Crippen molar-refractivity contribution >= 4 is 5.82 Å². The molecular weight excluding hydrogens is 188 g/mol. The van der Waals surface area contributed by atoms with Crippen LogP contribution in [0.2, 0.25) is 0 Å². The molecule has 0 aliphatic carbocycles. The van der Waals surface area contributed by atoms with Crippen LogP contribution >= 0.6 is 0 Å². The second kappa shape index (κ2) is 5.07. The summed E-state index contributed by atoms with van der Waals surface area (Å²) < 4.78 is 0. The molecule has 0 amide bonds. The van der Waals surface area contributed by atoms with Crippen LogP contribution in [0.25, 0.3) is 0 Å². The molecule has 84 valence electrons. The molecule has 0 radical (unpaired) electrons. The molecule has 1 atom stereocenters. The normalized spacial score (nSPS) is 15.0. The quantitative estimate of drug-likeness (QED) is 0.772. The van der Waals surface area contributed by atoms with Crippen LogP contribution < -0.4 is 11.1 Å². The SMILES string of the molecule is CC(C)CC(C)(CN)Nc1cnccn1. The van der Waals surface area contributed by atoms with Gasteiger partial charge in [0, 0.05) is 24.5 Å². The van der Waals surface area contributed by atoms with Crippen molar-refractivity contribution in [2.24, 2.45) is 11.7 Å². The largest absolute Gasteiger partial charge is 0.362 e. The van der Waals surface area contributed by atoms with Gasteiger partial charge < -0.3 is 11.1 Å². The minimum absolute atomic E-state index is 0.107. The number of hydrogen-bond acceptors (Lipinski definition) is 4. The van der Waals surface area contributed by atoms with Crippen LogP contribution in [0.1, 0.15) is 27.2 Å². The van der Waals surface area contributed by atoms with Crippen molar-refractivity contribution in [2.45, 2.75) is 32.7 Å². The Morgan fingerprint density at radius 2 is 2.20 bits per heavy atom. The van der Waals surface area contributed by atoms with Gasteiger partial charge in [-0.1, -0.05) is 13.8 Å². The highest BCUT2D eigenvalue weighted by Crippen LogP contribution is 2.19. The summed E-state index contributed by atoms with van der Waals surface area (Å²) >= 11 is 0. The minimum Gasteiger partial charge on any atom is -0.362 e. The van der Waals surface area contributed by atoms with Gasteiger partial charge in [-0.15, -0.1) is 0 Å². The van der Waals surface area contributed by atoms with E-state index in [-0.39, 0.29) is 5.54 Å². The average Bonchev–Trinajstić information content (AvgIpc) is 2.18. The highest BCUT2D eigenvalue weighted by molar-refractivity contribution is 5.34. The molecule has 0 saturated carbocycles. The van der Waals surface area contributed by atoms with Crippen LogP contribution in [0.4, 0.5) is 5.82 Å². The molecule has 3 N–H and O–H groups in total. The Kier molecular flexibility index (Phi) is 4.03. The lowest BCUT2D eigenvalue weighted by Gasteiger charge is -2.31. The van der Waals surface area contributed by atoms with Gasteiger partial charge in [0.15, 0.2) is 0 Å². The predicted octanol–water partition coefficient (Wildman–Crippen LogP) is 1.65. The van der Waals surface area contributed by atoms with Gasteiger partial charge >= 0.3 is 0 Å². The first-order valence-corrected chi connectivity index (χ1v) is 5.30. The summed E-state index contributed by atoms with van der Waals surface area (Å²) in [5.41, 5.74) is 5.69. The monoisotopic (exact) mass is 208 g/mol. The van der Waals surface area contributed by atoms with E-state index >= 15 is 0 Å². The first kappa shape index (κ1) is 11.9. The summed E-state index contributed by atoms with van der Waals surface area (Å²) in [6.45, 7) is 7.07. The summed E-state index contributed by atoms with van der Waals surface area (Å²) in [6.07, 6.45) is 6.07. The Morgan fingerprint density at radius 3 is 2.67 bits per heavy atom. The number of hydrogen-bond donors (Lipinski definition) is 2. The van der Waals surface area contributed by atoms with Gasteiger partial charge in [-0.25, -0.2) is 4.98 Å². The van der Waals surface area contributed by atoms with E-state index in [0.29, 0.717) is 12.5 Å². The maximum atomic E-state index is 5.79. The lowest BCUT2D eigenvalue weighted by molar-refractivity contribution is 0.406. The molecule has 1 unspecified atom stereocenters. The highest BCUT2D eigenvalue weighted by atomic mass is 15.1. The fraction of sp³-hybridized carbons (Fsp3) is 0.636. The first-order chi connectivity index (χ1) is 7.06. The highest BCUT2D eigenvalue weighted by Gasteiger charge is 2.23. The molecule has 1 aromatic heterocycles. The zero-order valence-corrected chi connectivity index (χ0v) is 9.70. The third kappa shape index (κ3) is 3.83. The van der Waals surface area contributed by atoms with Gasteiger partial charge in [0.1, 0.15) is 5.82 Å². The Labute approximate surface area is 91.3 Å². The third-order valence-corrected chi connectivity index (χ3v) is 2.30. The lowest BCUT2D eigenvalue weighted by Crippen LogP contribution is -2.43. The lowest BCUT2D eigenvalue weighted by atomic mass is 9.91. The molecular formula is C11H20N4. The molecule has 0 saturated heterocycles. The molecule has 0 spiro atoms. The summed E-state index contributed by atoms with van der Waals surface area (Å²) in [5, 5.41) is 3.34. The van der Waals surface area contributed by atoms with Gasteiger partial charge in [-0.2, -0.15) is 0 Å². The maximum Gasteiger partial charge on any atom is 0.144 e. The standard InChI is InChI=1S/C11H20N4/c1-9(2)6-11(3,8-12)15-10-7-13-4-5-14-10/h4-5,7,9H,6,8,12H2,1-3H3,(H,14,15). The van der Waals surface area contributed by atoms with E-state index in [1.165, 1.54) is 0 Å². The van der Waals surface area contributed by atoms with Crippen LogP contribution in [0, 0.1) is 5.92 Å². The van der Waals surface area contributed by atoms with Crippen molar-refractivity contribution in [3.8, 4) is 0 Å². The first-order valence-electron chi connectivity index (χ1n) is 5.30. The van der Waals surface area contributed by atoms with Gasteiger partial charge in [0.2, 0.25) is 0 Å². The van der Waals surface area contributed by atoms with E-state index in [1.807, 2.05) is 0 Å². The Hall–Kier alpha value is -1.16. The zero-order chi connectivity index (χ0) is 11.3. The zero-order valence-electron chi connectivity index (χ0n) is 9.70. The van der Waals surface area contributed by atoms with Crippen molar-refractivity contribution < 1.29 is 0 Å². The van der Waals surface area contributed by atoms with Crippen LogP contribution in [0.3, 0.4) is 0 Å². The minimum atomic E-state index is -0.107. The molecule has 1 rings (SSSR count). The fourth-order valence-corrected chi connectivity index (χ4v) is 1.76. The van der Waals surface area contributed by atoms with Crippen LogP contribution in [0.5, 0.6) is 0 Å². The second-order valence-electron chi connectivity index (χ2n) is 4.58. The molecule has 0 bridgehead atoms. The number of nitrogens with two attached hydrogens (primary N) is 1. The summed E-state index contributed by atoms with van der Waals surface area (Å²) in [6, 6.07) is 0. The number of aromatic nitrogens is 2. The van der Waals surface area contributed by atoms with Crippen molar-refractivity contribution in [3.05, 3.63) is 18.6 Å². The van der Waals surface area contributed by atoms with Crippen molar-refractivity contribution in [1.29, 1.82) is 0 Å².